The molecule has 0 saturated carbocycles. The van der Waals surface area contributed by atoms with Crippen molar-refractivity contribution in [3.05, 3.63) is 51.4 Å². The lowest BCUT2D eigenvalue weighted by molar-refractivity contribution is -0.116. The van der Waals surface area contributed by atoms with E-state index in [4.69, 9.17) is 9.47 Å². The topological polar surface area (TPSA) is 47.6 Å². The Balaban J connectivity index is 1.94. The van der Waals surface area contributed by atoms with Crippen molar-refractivity contribution in [2.75, 3.05) is 19.5 Å². The summed E-state index contributed by atoms with van der Waals surface area (Å²) in [5.74, 6) is 1.61. The maximum Gasteiger partial charge on any atom is 0.162 e. The predicted molar refractivity (Wildman–Crippen MR) is 95.2 cm³/mol. The molecule has 4 nitrogen and oxygen atoms in total. The normalized spacial score (nSPS) is 19.4. The van der Waals surface area contributed by atoms with E-state index in [9.17, 15) is 4.79 Å². The first-order chi connectivity index (χ1) is 11.7. The number of rotatable bonds is 3. The molecule has 1 aliphatic carbocycles. The van der Waals surface area contributed by atoms with E-state index in [0.717, 1.165) is 35.4 Å². The van der Waals surface area contributed by atoms with E-state index in [2.05, 4.69) is 16.8 Å². The van der Waals surface area contributed by atoms with Gasteiger partial charge in [0.1, 0.15) is 0 Å². The summed E-state index contributed by atoms with van der Waals surface area (Å²) < 4.78 is 10.9. The van der Waals surface area contributed by atoms with Gasteiger partial charge in [0.15, 0.2) is 17.3 Å². The number of methoxy groups -OCH3 is 2. The second-order valence-corrected chi connectivity index (χ2v) is 7.02. The lowest BCUT2D eigenvalue weighted by Crippen LogP contribution is -2.26. The van der Waals surface area contributed by atoms with Gasteiger partial charge in [0.2, 0.25) is 0 Å². The van der Waals surface area contributed by atoms with Crippen LogP contribution in [0.4, 0.5) is 5.69 Å². The molecule has 0 saturated heterocycles. The molecule has 4 rings (SSSR count). The Bertz CT molecular complexity index is 823. The van der Waals surface area contributed by atoms with Crippen molar-refractivity contribution < 1.29 is 14.3 Å². The number of Topliss-reactive ketones (excluding diaryl/α,β-unsaturated/α-hetero) is 1. The molecule has 2 aliphatic rings. The molecule has 0 bridgehead atoms. The van der Waals surface area contributed by atoms with Crippen molar-refractivity contribution in [3.63, 3.8) is 0 Å². The van der Waals surface area contributed by atoms with Crippen LogP contribution in [0.5, 0.6) is 11.5 Å². The molecular formula is C19H19NO3S. The molecule has 24 heavy (non-hydrogen) atoms. The summed E-state index contributed by atoms with van der Waals surface area (Å²) in [5, 5.41) is 5.54. The first-order valence-corrected chi connectivity index (χ1v) is 8.93. The van der Waals surface area contributed by atoms with Crippen molar-refractivity contribution in [1.29, 1.82) is 0 Å². The van der Waals surface area contributed by atoms with Gasteiger partial charge in [0.25, 0.3) is 0 Å². The molecule has 0 unspecified atom stereocenters. The highest BCUT2D eigenvalue weighted by atomic mass is 32.1. The highest BCUT2D eigenvalue weighted by Gasteiger charge is 2.36. The van der Waals surface area contributed by atoms with E-state index in [1.807, 2.05) is 18.2 Å². The van der Waals surface area contributed by atoms with Crippen LogP contribution in [0.1, 0.15) is 35.6 Å². The highest BCUT2D eigenvalue weighted by Crippen LogP contribution is 2.49. The average molecular weight is 341 g/mol. The zero-order valence-electron chi connectivity index (χ0n) is 13.7. The van der Waals surface area contributed by atoms with Crippen LogP contribution in [0.3, 0.4) is 0 Å². The summed E-state index contributed by atoms with van der Waals surface area (Å²) in [5.41, 5.74) is 4.05. The molecular weight excluding hydrogens is 322 g/mol. The minimum Gasteiger partial charge on any atom is -0.493 e. The first-order valence-electron chi connectivity index (χ1n) is 8.05. The second-order valence-electron chi connectivity index (χ2n) is 6.04. The lowest BCUT2D eigenvalue weighted by Gasteiger charge is -2.33. The third kappa shape index (κ3) is 2.31. The molecule has 5 heteroatoms. The minimum atomic E-state index is -0.0242. The Kier molecular flexibility index (Phi) is 3.81. The molecule has 0 spiro atoms. The van der Waals surface area contributed by atoms with Gasteiger partial charge in [-0.05, 0) is 35.9 Å². The highest BCUT2D eigenvalue weighted by molar-refractivity contribution is 7.10. The number of allylic oxidation sites excluding steroid dienone is 2. The number of hydrogen-bond acceptors (Lipinski definition) is 5. The van der Waals surface area contributed by atoms with Gasteiger partial charge in [0.05, 0.1) is 20.1 Å². The third-order valence-corrected chi connectivity index (χ3v) is 5.66. The van der Waals surface area contributed by atoms with Crippen molar-refractivity contribution in [2.45, 2.75) is 25.2 Å². The summed E-state index contributed by atoms with van der Waals surface area (Å²) in [7, 11) is 3.27. The monoisotopic (exact) mass is 341 g/mol. The Morgan fingerprint density at radius 3 is 2.67 bits per heavy atom. The number of fused-ring (bicyclic) bond motifs is 1. The summed E-state index contributed by atoms with van der Waals surface area (Å²) >= 11 is 1.69. The minimum absolute atomic E-state index is 0.0242. The molecule has 0 fully saturated rings. The van der Waals surface area contributed by atoms with Crippen LogP contribution >= 0.6 is 11.3 Å². The molecule has 0 radical (unpaired) electrons. The van der Waals surface area contributed by atoms with Gasteiger partial charge in [-0.2, -0.15) is 0 Å². The predicted octanol–water partition coefficient (Wildman–Crippen LogP) is 4.33. The number of carbonyl (C=O) groups excluding carboxylic acids is 1. The number of nitrogens with one attached hydrogen (secondary N) is 1. The Morgan fingerprint density at radius 2 is 1.96 bits per heavy atom. The van der Waals surface area contributed by atoms with Gasteiger partial charge in [0, 0.05) is 34.3 Å². The smallest absolute Gasteiger partial charge is 0.162 e. The van der Waals surface area contributed by atoms with Gasteiger partial charge in [-0.25, -0.2) is 0 Å². The number of carbonyl (C=O) groups is 1. The number of anilines is 1. The van der Waals surface area contributed by atoms with Crippen LogP contribution < -0.4 is 14.8 Å². The van der Waals surface area contributed by atoms with Crippen molar-refractivity contribution in [3.8, 4) is 11.5 Å². The lowest BCUT2D eigenvalue weighted by atomic mass is 9.78. The zero-order valence-corrected chi connectivity index (χ0v) is 14.5. The largest absolute Gasteiger partial charge is 0.493 e. The average Bonchev–Trinajstić information content (AvgIpc) is 3.13. The zero-order chi connectivity index (χ0) is 16.7. The number of ketones is 1. The molecule has 1 aromatic carbocycles. The number of thiophene rings is 1. The summed E-state index contributed by atoms with van der Waals surface area (Å²) in [6.07, 6.45) is 2.45. The Labute approximate surface area is 145 Å². The molecule has 1 atom stereocenters. The first kappa shape index (κ1) is 15.3. The van der Waals surface area contributed by atoms with Crippen LogP contribution in [-0.2, 0) is 4.79 Å². The Morgan fingerprint density at radius 1 is 1.17 bits per heavy atom. The molecule has 0 amide bonds. The van der Waals surface area contributed by atoms with Gasteiger partial charge in [-0.1, -0.05) is 6.07 Å². The standard InChI is InChI=1S/C19H19NO3S/c1-22-15-9-11-13(10-16(15)23-2)20-12-5-3-6-14(21)19(12)18(11)17-7-4-8-24-17/h4,7-10,18,20H,3,5-6H2,1-2H3/t18-/m0/s1. The van der Waals surface area contributed by atoms with Gasteiger partial charge >= 0.3 is 0 Å². The van der Waals surface area contributed by atoms with Gasteiger partial charge in [-0.3, -0.25) is 4.79 Å². The van der Waals surface area contributed by atoms with E-state index in [1.54, 1.807) is 25.6 Å². The molecule has 2 aromatic rings. The van der Waals surface area contributed by atoms with E-state index >= 15 is 0 Å². The molecule has 2 heterocycles. The van der Waals surface area contributed by atoms with E-state index in [0.29, 0.717) is 17.9 Å². The van der Waals surface area contributed by atoms with Crippen molar-refractivity contribution in [2.24, 2.45) is 0 Å². The Hall–Kier alpha value is -2.27. The summed E-state index contributed by atoms with van der Waals surface area (Å²) in [4.78, 5) is 13.9. The maximum absolute atomic E-state index is 12.7. The van der Waals surface area contributed by atoms with Crippen molar-refractivity contribution >= 4 is 22.8 Å². The van der Waals surface area contributed by atoms with Crippen LogP contribution in [0, 0.1) is 0 Å². The van der Waals surface area contributed by atoms with E-state index < -0.39 is 0 Å². The number of benzene rings is 1. The van der Waals surface area contributed by atoms with Crippen LogP contribution in [0.2, 0.25) is 0 Å². The SMILES string of the molecule is COc1cc2c(cc1OC)[C@@H](c1cccs1)C1=C(CCCC1=O)N2. The fourth-order valence-corrected chi connectivity index (χ4v) is 4.49. The van der Waals surface area contributed by atoms with Crippen LogP contribution in [0.15, 0.2) is 40.9 Å². The molecule has 1 aromatic heterocycles. The second kappa shape index (κ2) is 5.98. The van der Waals surface area contributed by atoms with Crippen LogP contribution in [0.25, 0.3) is 0 Å². The van der Waals surface area contributed by atoms with Gasteiger partial charge < -0.3 is 14.8 Å². The third-order valence-electron chi connectivity index (χ3n) is 4.72. The molecule has 1 N–H and O–H groups in total. The fourth-order valence-electron chi connectivity index (χ4n) is 3.64. The summed E-state index contributed by atoms with van der Waals surface area (Å²) in [6.45, 7) is 0. The molecule has 1 aliphatic heterocycles. The summed E-state index contributed by atoms with van der Waals surface area (Å²) in [6, 6.07) is 8.11. The number of ether oxygens (including phenoxy) is 2. The van der Waals surface area contributed by atoms with Crippen molar-refractivity contribution in [1.82, 2.24) is 0 Å². The van der Waals surface area contributed by atoms with E-state index in [-0.39, 0.29) is 11.7 Å². The number of hydrogen-bond donors (Lipinski definition) is 1. The van der Waals surface area contributed by atoms with Gasteiger partial charge in [-0.15, -0.1) is 11.3 Å². The van der Waals surface area contributed by atoms with E-state index in [1.165, 1.54) is 4.88 Å². The van der Waals surface area contributed by atoms with Crippen LogP contribution in [-0.4, -0.2) is 20.0 Å². The fraction of sp³-hybridized carbons (Fsp3) is 0.316. The maximum atomic E-state index is 12.7. The molecule has 124 valence electrons. The quantitative estimate of drug-likeness (QED) is 0.903.